The molecule has 0 aliphatic heterocycles. The second-order valence-electron chi connectivity index (χ2n) is 3.33. The average Bonchev–Trinajstić information content (AvgIpc) is 2.57. The summed E-state index contributed by atoms with van der Waals surface area (Å²) in [5.41, 5.74) is 0. The first-order valence-electron chi connectivity index (χ1n) is 4.45. The van der Waals surface area contributed by atoms with Gasteiger partial charge < -0.3 is 5.11 Å². The van der Waals surface area contributed by atoms with Crippen LogP contribution < -0.4 is 0 Å². The van der Waals surface area contributed by atoms with E-state index in [-0.39, 0.29) is 6.10 Å². The van der Waals surface area contributed by atoms with Crippen molar-refractivity contribution < 1.29 is 5.11 Å². The topological polar surface area (TPSA) is 33.1 Å². The first-order valence-corrected chi connectivity index (χ1v) is 5.33. The molecule has 0 saturated heterocycles. The lowest BCUT2D eigenvalue weighted by molar-refractivity contribution is 0.106. The van der Waals surface area contributed by atoms with Crippen LogP contribution in [0.4, 0.5) is 0 Å². The van der Waals surface area contributed by atoms with Gasteiger partial charge in [-0.15, -0.1) is 11.3 Å². The second kappa shape index (κ2) is 3.54. The summed E-state index contributed by atoms with van der Waals surface area (Å²) in [6, 6.07) is 0. The highest BCUT2D eigenvalue weighted by Gasteiger charge is 2.25. The summed E-state index contributed by atoms with van der Waals surface area (Å²) in [6.07, 6.45) is 6.13. The first kappa shape index (κ1) is 8.20. The van der Waals surface area contributed by atoms with Crippen LogP contribution in [-0.2, 0) is 0 Å². The van der Waals surface area contributed by atoms with Crippen LogP contribution in [0, 0.1) is 0 Å². The molecule has 1 heterocycles. The van der Waals surface area contributed by atoms with Gasteiger partial charge in [0.15, 0.2) is 0 Å². The third kappa shape index (κ3) is 1.52. The number of hydrogen-bond donors (Lipinski definition) is 1. The molecule has 0 aromatic carbocycles. The minimum Gasteiger partial charge on any atom is -0.392 e. The number of nitrogens with zero attached hydrogens (tertiary/aromatic N) is 1. The molecular weight excluding hydrogens is 170 g/mol. The minimum atomic E-state index is -0.148. The van der Waals surface area contributed by atoms with Gasteiger partial charge in [-0.2, -0.15) is 0 Å². The lowest BCUT2D eigenvalue weighted by atomic mass is 9.87. The Balaban J connectivity index is 2.11. The fourth-order valence-corrected chi connectivity index (χ4v) is 2.65. The van der Waals surface area contributed by atoms with Crippen molar-refractivity contribution in [3.05, 3.63) is 16.6 Å². The van der Waals surface area contributed by atoms with Crippen molar-refractivity contribution in [1.29, 1.82) is 0 Å². The molecule has 3 heteroatoms. The first-order chi connectivity index (χ1) is 5.88. The molecule has 1 aromatic heterocycles. The Labute approximate surface area is 76.3 Å². The molecule has 2 atom stereocenters. The van der Waals surface area contributed by atoms with E-state index in [1.165, 1.54) is 12.8 Å². The van der Waals surface area contributed by atoms with Crippen molar-refractivity contribution in [2.45, 2.75) is 37.7 Å². The molecule has 1 N–H and O–H groups in total. The molecule has 0 bridgehead atoms. The highest BCUT2D eigenvalue weighted by Crippen LogP contribution is 2.33. The zero-order valence-electron chi connectivity index (χ0n) is 6.94. The number of thiazole rings is 1. The molecule has 2 nitrogen and oxygen atoms in total. The lowest BCUT2D eigenvalue weighted by Gasteiger charge is -2.25. The molecule has 1 aliphatic rings. The number of aliphatic hydroxyl groups excluding tert-OH is 1. The van der Waals surface area contributed by atoms with E-state index in [2.05, 4.69) is 4.98 Å². The molecule has 1 aromatic rings. The standard InChI is InChI=1S/C9H13NOS/c11-8-4-2-1-3-7(8)9-10-5-6-12-9/h5-8,11H,1-4H2. The van der Waals surface area contributed by atoms with E-state index in [1.807, 2.05) is 11.6 Å². The monoisotopic (exact) mass is 183 g/mol. The predicted molar refractivity (Wildman–Crippen MR) is 49.3 cm³/mol. The van der Waals surface area contributed by atoms with Crippen molar-refractivity contribution in [2.24, 2.45) is 0 Å². The molecule has 1 fully saturated rings. The van der Waals surface area contributed by atoms with Gasteiger partial charge in [0.2, 0.25) is 0 Å². The van der Waals surface area contributed by atoms with Gasteiger partial charge in [-0.3, -0.25) is 0 Å². The number of rotatable bonds is 1. The van der Waals surface area contributed by atoms with Crippen molar-refractivity contribution >= 4 is 11.3 Å². The molecule has 2 unspecified atom stereocenters. The van der Waals surface area contributed by atoms with Gasteiger partial charge in [-0.25, -0.2) is 4.98 Å². The fraction of sp³-hybridized carbons (Fsp3) is 0.667. The SMILES string of the molecule is OC1CCCCC1c1nccs1. The van der Waals surface area contributed by atoms with Crippen molar-refractivity contribution in [1.82, 2.24) is 4.98 Å². The van der Waals surface area contributed by atoms with E-state index in [4.69, 9.17) is 0 Å². The van der Waals surface area contributed by atoms with E-state index in [0.29, 0.717) is 5.92 Å². The van der Waals surface area contributed by atoms with Crippen LogP contribution in [0.1, 0.15) is 36.6 Å². The highest BCUT2D eigenvalue weighted by atomic mass is 32.1. The van der Waals surface area contributed by atoms with E-state index in [1.54, 1.807) is 11.3 Å². The Bertz CT molecular complexity index is 235. The summed E-state index contributed by atoms with van der Waals surface area (Å²) in [5, 5.41) is 12.8. The molecule has 12 heavy (non-hydrogen) atoms. The third-order valence-electron chi connectivity index (χ3n) is 2.50. The van der Waals surface area contributed by atoms with Crippen LogP contribution >= 0.6 is 11.3 Å². The summed E-state index contributed by atoms with van der Waals surface area (Å²) in [4.78, 5) is 4.25. The van der Waals surface area contributed by atoms with Gasteiger partial charge in [-0.1, -0.05) is 12.8 Å². The van der Waals surface area contributed by atoms with Crippen molar-refractivity contribution in [3.63, 3.8) is 0 Å². The van der Waals surface area contributed by atoms with Crippen LogP contribution in [0.2, 0.25) is 0 Å². The fourth-order valence-electron chi connectivity index (χ4n) is 1.82. The predicted octanol–water partition coefficient (Wildman–Crippen LogP) is 2.16. The maximum absolute atomic E-state index is 9.71. The van der Waals surface area contributed by atoms with E-state index >= 15 is 0 Å². The minimum absolute atomic E-state index is 0.148. The Morgan fingerprint density at radius 2 is 2.25 bits per heavy atom. The van der Waals surface area contributed by atoms with Gasteiger partial charge in [0.1, 0.15) is 0 Å². The normalized spacial score (nSPS) is 30.4. The molecule has 2 rings (SSSR count). The summed E-state index contributed by atoms with van der Waals surface area (Å²) >= 11 is 1.66. The molecular formula is C9H13NOS. The van der Waals surface area contributed by atoms with Crippen LogP contribution in [0.3, 0.4) is 0 Å². The number of aliphatic hydroxyl groups is 1. The summed E-state index contributed by atoms with van der Waals surface area (Å²) < 4.78 is 0. The van der Waals surface area contributed by atoms with Crippen LogP contribution in [-0.4, -0.2) is 16.2 Å². The molecule has 1 saturated carbocycles. The molecule has 0 radical (unpaired) electrons. The molecule has 0 spiro atoms. The van der Waals surface area contributed by atoms with Gasteiger partial charge in [0, 0.05) is 17.5 Å². The largest absolute Gasteiger partial charge is 0.392 e. The van der Waals surface area contributed by atoms with Gasteiger partial charge in [0.05, 0.1) is 11.1 Å². The summed E-state index contributed by atoms with van der Waals surface area (Å²) in [6.45, 7) is 0. The maximum Gasteiger partial charge on any atom is 0.0981 e. The third-order valence-corrected chi connectivity index (χ3v) is 3.41. The number of aromatic nitrogens is 1. The molecule has 1 aliphatic carbocycles. The summed E-state index contributed by atoms with van der Waals surface area (Å²) in [7, 11) is 0. The highest BCUT2D eigenvalue weighted by molar-refractivity contribution is 7.09. The zero-order valence-corrected chi connectivity index (χ0v) is 7.76. The van der Waals surface area contributed by atoms with E-state index < -0.39 is 0 Å². The quantitative estimate of drug-likeness (QED) is 0.723. The van der Waals surface area contributed by atoms with Crippen LogP contribution in [0.5, 0.6) is 0 Å². The van der Waals surface area contributed by atoms with Crippen molar-refractivity contribution in [3.8, 4) is 0 Å². The Morgan fingerprint density at radius 3 is 2.92 bits per heavy atom. The Kier molecular flexibility index (Phi) is 2.42. The maximum atomic E-state index is 9.71. The van der Waals surface area contributed by atoms with Crippen molar-refractivity contribution in [2.75, 3.05) is 0 Å². The zero-order chi connectivity index (χ0) is 8.39. The van der Waals surface area contributed by atoms with Crippen LogP contribution in [0.15, 0.2) is 11.6 Å². The second-order valence-corrected chi connectivity index (χ2v) is 4.25. The Morgan fingerprint density at radius 1 is 1.42 bits per heavy atom. The van der Waals surface area contributed by atoms with E-state index in [9.17, 15) is 5.11 Å². The lowest BCUT2D eigenvalue weighted by Crippen LogP contribution is -2.22. The van der Waals surface area contributed by atoms with Crippen LogP contribution in [0.25, 0.3) is 0 Å². The van der Waals surface area contributed by atoms with Gasteiger partial charge in [-0.05, 0) is 12.8 Å². The average molecular weight is 183 g/mol. The summed E-state index contributed by atoms with van der Waals surface area (Å²) in [5.74, 6) is 0.318. The van der Waals surface area contributed by atoms with Gasteiger partial charge >= 0.3 is 0 Å². The Hall–Kier alpha value is -0.410. The molecule has 0 amide bonds. The smallest absolute Gasteiger partial charge is 0.0981 e. The molecule has 66 valence electrons. The number of hydrogen-bond acceptors (Lipinski definition) is 3. The van der Waals surface area contributed by atoms with Gasteiger partial charge in [0.25, 0.3) is 0 Å². The van der Waals surface area contributed by atoms with E-state index in [0.717, 1.165) is 17.8 Å².